The third-order valence-electron chi connectivity index (χ3n) is 4.16. The molecule has 1 atom stereocenters. The largest absolute Gasteiger partial charge is 0.405 e. The lowest BCUT2D eigenvalue weighted by Crippen LogP contribution is -2.42. The molecule has 0 aromatic carbocycles. The van der Waals surface area contributed by atoms with Crippen molar-refractivity contribution in [1.82, 2.24) is 19.8 Å². The van der Waals surface area contributed by atoms with Gasteiger partial charge in [-0.05, 0) is 20.3 Å². The van der Waals surface area contributed by atoms with E-state index >= 15 is 0 Å². The zero-order chi connectivity index (χ0) is 20.0. The molecule has 1 unspecified atom stereocenters. The van der Waals surface area contributed by atoms with Gasteiger partial charge in [0.15, 0.2) is 5.82 Å². The second-order valence-corrected chi connectivity index (χ2v) is 6.15. The zero-order valence-electron chi connectivity index (χ0n) is 15.5. The Morgan fingerprint density at radius 2 is 2.22 bits per heavy atom. The Labute approximate surface area is 155 Å². The summed E-state index contributed by atoms with van der Waals surface area (Å²) >= 11 is 0. The number of likely N-dealkylation sites (tertiary alicyclic amines) is 1. The van der Waals surface area contributed by atoms with Crippen LogP contribution in [0, 0.1) is 0 Å². The number of halogens is 3. The van der Waals surface area contributed by atoms with Crippen molar-refractivity contribution in [2.75, 3.05) is 26.7 Å². The van der Waals surface area contributed by atoms with Gasteiger partial charge in [0.2, 0.25) is 0 Å². The lowest BCUT2D eigenvalue weighted by molar-refractivity contribution is -0.123. The van der Waals surface area contributed by atoms with Crippen LogP contribution >= 0.6 is 0 Å². The minimum atomic E-state index is -4.43. The van der Waals surface area contributed by atoms with Crippen LogP contribution in [-0.4, -0.2) is 65.8 Å². The molecule has 1 aromatic rings. The van der Waals surface area contributed by atoms with E-state index in [1.165, 1.54) is 4.90 Å². The molecule has 1 fully saturated rings. The van der Waals surface area contributed by atoms with Gasteiger partial charge < -0.3 is 10.2 Å². The van der Waals surface area contributed by atoms with Crippen molar-refractivity contribution in [2.45, 2.75) is 32.4 Å². The summed E-state index contributed by atoms with van der Waals surface area (Å²) in [7, 11) is 1.64. The molecule has 148 valence electrons. The normalized spacial score (nSPS) is 18.8. The van der Waals surface area contributed by atoms with Crippen LogP contribution < -0.4 is 5.32 Å². The number of hydrogen-bond acceptors (Lipinski definition) is 4. The molecule has 0 spiro atoms. The number of amides is 2. The molecule has 10 heteroatoms. The first-order chi connectivity index (χ1) is 12.8. The third-order valence-corrected chi connectivity index (χ3v) is 4.16. The van der Waals surface area contributed by atoms with Crippen molar-refractivity contribution < 1.29 is 18.0 Å². The number of nitrogens with one attached hydrogen (secondary N) is 1. The SMILES string of the molecule is CC=N/C=C(\C)n1c(C2CCN(C(=O)NCC(F)(F)F)C2)cnc1C=NC. The van der Waals surface area contributed by atoms with Gasteiger partial charge in [0.1, 0.15) is 6.54 Å². The van der Waals surface area contributed by atoms with Crippen LogP contribution in [0.5, 0.6) is 0 Å². The van der Waals surface area contributed by atoms with Gasteiger partial charge in [-0.15, -0.1) is 0 Å². The summed E-state index contributed by atoms with van der Waals surface area (Å²) in [5.41, 5.74) is 1.70. The Kier molecular flexibility index (Phi) is 6.75. The minimum absolute atomic E-state index is 0.0397. The van der Waals surface area contributed by atoms with Crippen molar-refractivity contribution in [2.24, 2.45) is 9.98 Å². The number of aromatic nitrogens is 2. The summed E-state index contributed by atoms with van der Waals surface area (Å²) in [5, 5.41) is 1.92. The van der Waals surface area contributed by atoms with Gasteiger partial charge in [-0.25, -0.2) is 9.78 Å². The van der Waals surface area contributed by atoms with Crippen molar-refractivity contribution >= 4 is 24.2 Å². The van der Waals surface area contributed by atoms with E-state index in [1.807, 2.05) is 16.8 Å². The average Bonchev–Trinajstić information content (AvgIpc) is 3.24. The fourth-order valence-electron chi connectivity index (χ4n) is 2.97. The quantitative estimate of drug-likeness (QED) is 0.793. The Morgan fingerprint density at radius 3 is 2.85 bits per heavy atom. The highest BCUT2D eigenvalue weighted by Crippen LogP contribution is 2.29. The molecule has 1 saturated heterocycles. The van der Waals surface area contributed by atoms with Crippen molar-refractivity contribution in [3.8, 4) is 0 Å². The molecule has 0 saturated carbocycles. The molecular formula is C17H23F3N6O. The minimum Gasteiger partial charge on any atom is -0.329 e. The van der Waals surface area contributed by atoms with E-state index in [9.17, 15) is 18.0 Å². The summed E-state index contributed by atoms with van der Waals surface area (Å²) in [6, 6.07) is -0.709. The van der Waals surface area contributed by atoms with E-state index in [0.717, 1.165) is 11.4 Å². The van der Waals surface area contributed by atoms with Crippen molar-refractivity contribution in [3.63, 3.8) is 0 Å². The second-order valence-electron chi connectivity index (χ2n) is 6.15. The molecule has 2 heterocycles. The summed E-state index contributed by atoms with van der Waals surface area (Å²) in [5.74, 6) is 0.592. The molecule has 7 nitrogen and oxygen atoms in total. The van der Waals surface area contributed by atoms with Crippen molar-refractivity contribution in [3.05, 3.63) is 23.9 Å². The molecule has 1 N–H and O–H groups in total. The second kappa shape index (κ2) is 8.83. The van der Waals surface area contributed by atoms with Crippen LogP contribution in [0.4, 0.5) is 18.0 Å². The van der Waals surface area contributed by atoms with E-state index in [4.69, 9.17) is 0 Å². The van der Waals surface area contributed by atoms with Crippen LogP contribution in [0.25, 0.3) is 5.70 Å². The molecule has 2 rings (SSSR count). The molecule has 0 radical (unpaired) electrons. The van der Waals surface area contributed by atoms with Gasteiger partial charge in [-0.1, -0.05) is 0 Å². The van der Waals surface area contributed by atoms with Gasteiger partial charge in [0, 0.05) is 56.1 Å². The number of imidazole rings is 1. The first-order valence-corrected chi connectivity index (χ1v) is 8.51. The number of rotatable bonds is 5. The number of urea groups is 1. The van der Waals surface area contributed by atoms with E-state index in [1.54, 1.807) is 38.8 Å². The van der Waals surface area contributed by atoms with E-state index in [-0.39, 0.29) is 5.92 Å². The predicted molar refractivity (Wildman–Crippen MR) is 98.2 cm³/mol. The number of alkyl halides is 3. The monoisotopic (exact) mass is 384 g/mol. The Hall–Kier alpha value is -2.65. The fourth-order valence-corrected chi connectivity index (χ4v) is 2.97. The molecule has 0 bridgehead atoms. The van der Waals surface area contributed by atoms with Gasteiger partial charge >= 0.3 is 12.2 Å². The van der Waals surface area contributed by atoms with Crippen LogP contribution in [0.3, 0.4) is 0 Å². The zero-order valence-corrected chi connectivity index (χ0v) is 15.5. The molecule has 2 amide bonds. The average molecular weight is 384 g/mol. The topological polar surface area (TPSA) is 74.9 Å². The van der Waals surface area contributed by atoms with Crippen LogP contribution in [0.2, 0.25) is 0 Å². The maximum absolute atomic E-state index is 12.3. The highest BCUT2D eigenvalue weighted by Gasteiger charge is 2.33. The summed E-state index contributed by atoms with van der Waals surface area (Å²) in [6.45, 7) is 3.06. The fraction of sp³-hybridized carbons (Fsp3) is 0.529. The van der Waals surface area contributed by atoms with Crippen LogP contribution in [0.15, 0.2) is 22.4 Å². The lowest BCUT2D eigenvalue weighted by atomic mass is 10.1. The molecule has 0 aliphatic carbocycles. The van der Waals surface area contributed by atoms with E-state index in [2.05, 4.69) is 15.0 Å². The highest BCUT2D eigenvalue weighted by molar-refractivity contribution is 5.77. The summed E-state index contributed by atoms with van der Waals surface area (Å²) in [4.78, 5) is 25.9. The Balaban J connectivity index is 2.18. The number of aliphatic imine (C=N–C) groups is 2. The molecule has 1 aliphatic rings. The standard InChI is InChI=1S/C17H23F3N6O/c1-4-22-7-12(2)26-14(8-23-15(26)9-21-3)13-5-6-25(10-13)16(27)24-11-17(18,19)20/h4,7-9,13H,5-6,10-11H2,1-3H3,(H,24,27)/b12-7+,21-9?,22-4?. The molecule has 1 aromatic heterocycles. The van der Waals surface area contributed by atoms with Crippen LogP contribution in [0.1, 0.15) is 37.7 Å². The smallest absolute Gasteiger partial charge is 0.329 e. The molecular weight excluding hydrogens is 361 g/mol. The van der Waals surface area contributed by atoms with Crippen LogP contribution in [-0.2, 0) is 0 Å². The van der Waals surface area contributed by atoms with Gasteiger partial charge in [0.05, 0.1) is 6.21 Å². The van der Waals surface area contributed by atoms with Gasteiger partial charge in [-0.2, -0.15) is 13.2 Å². The highest BCUT2D eigenvalue weighted by atomic mass is 19.4. The number of nitrogens with zero attached hydrogens (tertiary/aromatic N) is 5. The first-order valence-electron chi connectivity index (χ1n) is 8.51. The summed E-state index contributed by atoms with van der Waals surface area (Å²) in [6.07, 6.45) is 2.91. The maximum Gasteiger partial charge on any atom is 0.405 e. The van der Waals surface area contributed by atoms with Gasteiger partial charge in [-0.3, -0.25) is 14.6 Å². The summed E-state index contributed by atoms with van der Waals surface area (Å²) < 4.78 is 38.8. The number of allylic oxidation sites excluding steroid dienone is 1. The van der Waals surface area contributed by atoms with Gasteiger partial charge in [0.25, 0.3) is 0 Å². The number of carbonyl (C=O) groups is 1. The first kappa shape index (κ1) is 20.7. The number of hydrogen-bond donors (Lipinski definition) is 1. The van der Waals surface area contributed by atoms with E-state index in [0.29, 0.717) is 25.3 Å². The predicted octanol–water partition coefficient (Wildman–Crippen LogP) is 2.90. The Bertz CT molecular complexity index is 750. The Morgan fingerprint density at radius 1 is 1.48 bits per heavy atom. The molecule has 27 heavy (non-hydrogen) atoms. The number of carbonyl (C=O) groups excluding carboxylic acids is 1. The molecule has 1 aliphatic heterocycles. The van der Waals surface area contributed by atoms with E-state index < -0.39 is 18.8 Å². The third kappa shape index (κ3) is 5.41. The maximum atomic E-state index is 12.3. The van der Waals surface area contributed by atoms with Crippen molar-refractivity contribution in [1.29, 1.82) is 0 Å². The lowest BCUT2D eigenvalue weighted by Gasteiger charge is -2.19.